The quantitative estimate of drug-likeness (QED) is 0.863. The van der Waals surface area contributed by atoms with Crippen LogP contribution in [0.4, 0.5) is 0 Å². The third-order valence-electron chi connectivity index (χ3n) is 3.33. The average Bonchev–Trinajstić information content (AvgIpc) is 3.03. The summed E-state index contributed by atoms with van der Waals surface area (Å²) in [4.78, 5) is 25.2. The molecule has 1 aliphatic heterocycles. The summed E-state index contributed by atoms with van der Waals surface area (Å²) in [5.41, 5.74) is 0.613. The third kappa shape index (κ3) is 2.82. The van der Waals surface area contributed by atoms with Crippen molar-refractivity contribution in [3.8, 4) is 0 Å². The fourth-order valence-electron chi connectivity index (χ4n) is 2.35. The highest BCUT2D eigenvalue weighted by Crippen LogP contribution is 2.22. The molecule has 0 spiro atoms. The summed E-state index contributed by atoms with van der Waals surface area (Å²) >= 11 is 0. The van der Waals surface area contributed by atoms with E-state index in [-0.39, 0.29) is 24.9 Å². The molecule has 20 heavy (non-hydrogen) atoms. The van der Waals surface area contributed by atoms with Crippen molar-refractivity contribution in [2.75, 3.05) is 19.8 Å². The monoisotopic (exact) mass is 282 g/mol. The van der Waals surface area contributed by atoms with Crippen LogP contribution in [0.2, 0.25) is 0 Å². The van der Waals surface area contributed by atoms with Gasteiger partial charge in [0.05, 0.1) is 24.9 Å². The van der Waals surface area contributed by atoms with Crippen molar-refractivity contribution in [2.45, 2.75) is 26.3 Å². The summed E-state index contributed by atoms with van der Waals surface area (Å²) in [6, 6.07) is 1.08. The lowest BCUT2D eigenvalue weighted by Crippen LogP contribution is -2.46. The molecule has 1 aromatic heterocycles. The Balaban J connectivity index is 2.22. The highest BCUT2D eigenvalue weighted by molar-refractivity contribution is 5.92. The molecule has 2 rings (SSSR count). The summed E-state index contributed by atoms with van der Waals surface area (Å²) in [5, 5.41) is 12.9. The van der Waals surface area contributed by atoms with E-state index in [1.54, 1.807) is 13.0 Å². The van der Waals surface area contributed by atoms with Gasteiger partial charge in [-0.3, -0.25) is 9.59 Å². The van der Waals surface area contributed by atoms with Gasteiger partial charge in [-0.2, -0.15) is 0 Å². The maximum absolute atomic E-state index is 12.4. The van der Waals surface area contributed by atoms with Gasteiger partial charge in [0.2, 0.25) is 5.76 Å². The summed E-state index contributed by atoms with van der Waals surface area (Å²) in [6.45, 7) is 4.47. The molecule has 1 fully saturated rings. The smallest absolute Gasteiger partial charge is 0.311 e. The van der Waals surface area contributed by atoms with Gasteiger partial charge in [-0.15, -0.1) is 0 Å². The minimum atomic E-state index is -0.949. The first-order valence-corrected chi connectivity index (χ1v) is 6.59. The Morgan fingerprint density at radius 1 is 1.50 bits per heavy atom. The lowest BCUT2D eigenvalue weighted by Gasteiger charge is -2.29. The van der Waals surface area contributed by atoms with Gasteiger partial charge in [0, 0.05) is 12.6 Å². The molecule has 0 bridgehead atoms. The van der Waals surface area contributed by atoms with E-state index in [2.05, 4.69) is 5.16 Å². The summed E-state index contributed by atoms with van der Waals surface area (Å²) in [6.07, 6.45) is 0.724. The molecule has 1 saturated heterocycles. The Bertz CT molecular complexity index is 499. The van der Waals surface area contributed by atoms with E-state index in [0.29, 0.717) is 12.2 Å². The predicted octanol–water partition coefficient (Wildman–Crippen LogP) is 0.935. The van der Waals surface area contributed by atoms with E-state index in [1.165, 1.54) is 4.90 Å². The van der Waals surface area contributed by atoms with E-state index in [1.807, 2.05) is 6.92 Å². The Labute approximate surface area is 116 Å². The predicted molar refractivity (Wildman–Crippen MR) is 68.3 cm³/mol. The normalized spacial score (nSPS) is 21.9. The molecule has 1 N–H and O–H groups in total. The number of aromatic nitrogens is 1. The first-order valence-electron chi connectivity index (χ1n) is 6.59. The third-order valence-corrected chi connectivity index (χ3v) is 3.33. The van der Waals surface area contributed by atoms with Crippen LogP contribution in [0, 0.1) is 12.8 Å². The molecule has 2 atom stereocenters. The number of hydrogen-bond acceptors (Lipinski definition) is 5. The Hall–Kier alpha value is -1.89. The molecule has 7 nitrogen and oxygen atoms in total. The fraction of sp³-hybridized carbons (Fsp3) is 0.615. The van der Waals surface area contributed by atoms with Crippen molar-refractivity contribution in [1.29, 1.82) is 0 Å². The van der Waals surface area contributed by atoms with E-state index in [0.717, 1.165) is 6.42 Å². The zero-order valence-corrected chi connectivity index (χ0v) is 11.5. The second-order valence-electron chi connectivity index (χ2n) is 4.88. The molecule has 1 aliphatic rings. The first kappa shape index (κ1) is 14.5. The van der Waals surface area contributed by atoms with Gasteiger partial charge in [0.15, 0.2) is 0 Å². The molecule has 0 aliphatic carbocycles. The van der Waals surface area contributed by atoms with E-state index >= 15 is 0 Å². The molecule has 2 unspecified atom stereocenters. The van der Waals surface area contributed by atoms with Crippen LogP contribution >= 0.6 is 0 Å². The number of carboxylic acids is 1. The number of hydrogen-bond donors (Lipinski definition) is 1. The second kappa shape index (κ2) is 6.04. The van der Waals surface area contributed by atoms with E-state index in [4.69, 9.17) is 9.26 Å². The van der Waals surface area contributed by atoms with Gasteiger partial charge < -0.3 is 19.3 Å². The first-order chi connectivity index (χ1) is 9.54. The Kier molecular flexibility index (Phi) is 4.39. The summed E-state index contributed by atoms with van der Waals surface area (Å²) in [5.74, 6) is -1.86. The number of carboxylic acid groups (broad SMARTS) is 1. The van der Waals surface area contributed by atoms with Crippen LogP contribution in [0.25, 0.3) is 0 Å². The van der Waals surface area contributed by atoms with Crippen LogP contribution < -0.4 is 0 Å². The second-order valence-corrected chi connectivity index (χ2v) is 4.88. The minimum absolute atomic E-state index is 0.128. The number of amides is 1. The van der Waals surface area contributed by atoms with E-state index in [9.17, 15) is 14.7 Å². The molecular formula is C13H18N2O5. The molecule has 0 radical (unpaired) electrons. The van der Waals surface area contributed by atoms with Crippen LogP contribution in [0.3, 0.4) is 0 Å². The topological polar surface area (TPSA) is 92.9 Å². The standard InChI is InChI=1S/C13H18N2O5/c1-3-4-15(10-7-19-6-9(10)13(17)18)12(16)11-5-8(2)14-20-11/h5,9-10H,3-4,6-7H2,1-2H3,(H,17,18). The van der Waals surface area contributed by atoms with Crippen LogP contribution in [0.1, 0.15) is 29.6 Å². The largest absolute Gasteiger partial charge is 0.481 e. The van der Waals surface area contributed by atoms with Crippen LogP contribution in [-0.2, 0) is 9.53 Å². The number of rotatable bonds is 5. The van der Waals surface area contributed by atoms with Crippen LogP contribution in [0.15, 0.2) is 10.6 Å². The highest BCUT2D eigenvalue weighted by Gasteiger charge is 2.40. The maximum Gasteiger partial charge on any atom is 0.311 e. The van der Waals surface area contributed by atoms with E-state index < -0.39 is 17.9 Å². The molecule has 2 heterocycles. The van der Waals surface area contributed by atoms with Crippen molar-refractivity contribution in [2.24, 2.45) is 5.92 Å². The number of aliphatic carboxylic acids is 1. The number of ether oxygens (including phenoxy) is 1. The average molecular weight is 282 g/mol. The SMILES string of the molecule is CCCN(C(=O)c1cc(C)no1)C1COCC1C(=O)O. The number of nitrogens with zero attached hydrogens (tertiary/aromatic N) is 2. The van der Waals surface area contributed by atoms with Gasteiger partial charge in [0.25, 0.3) is 5.91 Å². The van der Waals surface area contributed by atoms with Gasteiger partial charge in [-0.1, -0.05) is 12.1 Å². The lowest BCUT2D eigenvalue weighted by atomic mass is 10.0. The van der Waals surface area contributed by atoms with Crippen LogP contribution in [-0.4, -0.2) is 52.8 Å². The molecule has 0 aromatic carbocycles. The molecule has 1 amide bonds. The molecule has 110 valence electrons. The van der Waals surface area contributed by atoms with Crippen molar-refractivity contribution >= 4 is 11.9 Å². The van der Waals surface area contributed by atoms with Gasteiger partial charge in [0.1, 0.15) is 5.92 Å². The zero-order valence-electron chi connectivity index (χ0n) is 11.5. The van der Waals surface area contributed by atoms with Crippen molar-refractivity contribution in [3.05, 3.63) is 17.5 Å². The maximum atomic E-state index is 12.4. The van der Waals surface area contributed by atoms with Crippen molar-refractivity contribution < 1.29 is 24.0 Å². The van der Waals surface area contributed by atoms with Gasteiger partial charge >= 0.3 is 5.97 Å². The minimum Gasteiger partial charge on any atom is -0.481 e. The molecule has 7 heteroatoms. The molecule has 0 saturated carbocycles. The van der Waals surface area contributed by atoms with Gasteiger partial charge in [-0.05, 0) is 13.3 Å². The Morgan fingerprint density at radius 2 is 2.25 bits per heavy atom. The number of carbonyl (C=O) groups is 2. The molecular weight excluding hydrogens is 264 g/mol. The van der Waals surface area contributed by atoms with Gasteiger partial charge in [-0.25, -0.2) is 0 Å². The molecule has 1 aromatic rings. The zero-order chi connectivity index (χ0) is 14.7. The van der Waals surface area contributed by atoms with Crippen LogP contribution in [0.5, 0.6) is 0 Å². The summed E-state index contributed by atoms with van der Waals surface area (Å²) < 4.78 is 10.2. The Morgan fingerprint density at radius 3 is 2.80 bits per heavy atom. The number of carbonyl (C=O) groups excluding carboxylic acids is 1. The number of aryl methyl sites for hydroxylation is 1. The van der Waals surface area contributed by atoms with Crippen molar-refractivity contribution in [1.82, 2.24) is 10.1 Å². The van der Waals surface area contributed by atoms with Crippen molar-refractivity contribution in [3.63, 3.8) is 0 Å². The fourth-order valence-corrected chi connectivity index (χ4v) is 2.35. The highest BCUT2D eigenvalue weighted by atomic mass is 16.5. The lowest BCUT2D eigenvalue weighted by molar-refractivity contribution is -0.142. The summed E-state index contributed by atoms with van der Waals surface area (Å²) in [7, 11) is 0.